The van der Waals surface area contributed by atoms with Crippen LogP contribution >= 0.6 is 0 Å². The van der Waals surface area contributed by atoms with Crippen molar-refractivity contribution in [3.63, 3.8) is 0 Å². The van der Waals surface area contributed by atoms with E-state index in [4.69, 9.17) is 4.74 Å². The van der Waals surface area contributed by atoms with Gasteiger partial charge in [-0.15, -0.1) is 0 Å². The number of carbonyl (C=O) groups is 1. The maximum atomic E-state index is 13.4. The Bertz CT molecular complexity index is 1110. The van der Waals surface area contributed by atoms with E-state index in [0.29, 0.717) is 23.8 Å². The Morgan fingerprint density at radius 2 is 1.91 bits per heavy atom. The van der Waals surface area contributed by atoms with E-state index in [1.165, 1.54) is 12.1 Å². The van der Waals surface area contributed by atoms with Crippen LogP contribution < -0.4 is 4.74 Å². The average Bonchev–Trinajstić information content (AvgIpc) is 3.60. The number of hydrogen-bond donors (Lipinski definition) is 1. The normalized spacial score (nSPS) is 25.3. The summed E-state index contributed by atoms with van der Waals surface area (Å²) in [6.45, 7) is 3.62. The van der Waals surface area contributed by atoms with Crippen LogP contribution in [0.2, 0.25) is 0 Å². The molecule has 1 N–H and O–H groups in total. The summed E-state index contributed by atoms with van der Waals surface area (Å²) in [7, 11) is 0. The number of alkyl halides is 3. The largest absolute Gasteiger partial charge is 0.487 e. The molecule has 6 heteroatoms. The van der Waals surface area contributed by atoms with Crippen LogP contribution in [0.15, 0.2) is 36.4 Å². The van der Waals surface area contributed by atoms with Crippen LogP contribution in [-0.2, 0) is 23.8 Å². The van der Waals surface area contributed by atoms with Crippen LogP contribution in [0.1, 0.15) is 79.2 Å². The summed E-state index contributed by atoms with van der Waals surface area (Å²) in [5.74, 6) is 0.454. The Labute approximate surface area is 204 Å². The minimum Gasteiger partial charge on any atom is -0.487 e. The predicted molar refractivity (Wildman–Crippen MR) is 128 cm³/mol. The van der Waals surface area contributed by atoms with Gasteiger partial charge < -0.3 is 9.84 Å². The smallest absolute Gasteiger partial charge is 0.416 e. The number of carboxylic acids is 1. The SMILES string of the molecule is Cc1ccc(C(F)(F)F)c(CCC2CC3(CCc4ccc([C@H](C5CC5)[C@H](C)C(=O)O)cc4O3)C2)c1. The fraction of sp³-hybridized carbons (Fsp3) is 0.552. The quantitative estimate of drug-likeness (QED) is 0.446. The highest BCUT2D eigenvalue weighted by Crippen LogP contribution is 2.52. The number of hydrogen-bond acceptors (Lipinski definition) is 2. The summed E-state index contributed by atoms with van der Waals surface area (Å²) in [6, 6.07) is 10.6. The summed E-state index contributed by atoms with van der Waals surface area (Å²) in [5, 5.41) is 9.60. The zero-order chi connectivity index (χ0) is 25.0. The molecule has 3 nitrogen and oxygen atoms in total. The van der Waals surface area contributed by atoms with Crippen LogP contribution in [0.3, 0.4) is 0 Å². The van der Waals surface area contributed by atoms with Gasteiger partial charge in [0.2, 0.25) is 0 Å². The van der Waals surface area contributed by atoms with Crippen molar-refractivity contribution in [1.82, 2.24) is 0 Å². The molecule has 1 spiro atoms. The third-order valence-corrected chi connectivity index (χ3v) is 8.42. The molecule has 2 saturated carbocycles. The minimum absolute atomic E-state index is 0.00516. The molecule has 5 rings (SSSR count). The maximum absolute atomic E-state index is 13.4. The number of carboxylic acid groups (broad SMARTS) is 1. The fourth-order valence-corrected chi connectivity index (χ4v) is 6.35. The standard InChI is InChI=1S/C29H33F3O3/c1-17-3-10-24(29(30,31)32)22(13-17)5-4-19-15-28(16-19)12-11-20-6-9-23(14-25(20)35-28)26(21-7-8-21)18(2)27(33)34/h3,6,9-10,13-14,18-19,21,26H,4-5,7-8,11-12,15-16H2,1-2H3,(H,33,34)/t18-,19?,26-,28?/m0/s1. The Morgan fingerprint density at radius 1 is 1.17 bits per heavy atom. The molecule has 188 valence electrons. The maximum Gasteiger partial charge on any atom is 0.416 e. The van der Waals surface area contributed by atoms with Gasteiger partial charge in [-0.3, -0.25) is 4.79 Å². The molecule has 0 amide bonds. The number of aryl methyl sites for hydroxylation is 3. The van der Waals surface area contributed by atoms with Crippen molar-refractivity contribution in [2.45, 2.75) is 82.9 Å². The second-order valence-corrected chi connectivity index (χ2v) is 11.1. The predicted octanol–water partition coefficient (Wildman–Crippen LogP) is 7.33. The molecule has 2 aromatic rings. The van der Waals surface area contributed by atoms with Crippen molar-refractivity contribution >= 4 is 5.97 Å². The van der Waals surface area contributed by atoms with Crippen LogP contribution in [0.25, 0.3) is 0 Å². The summed E-state index contributed by atoms with van der Waals surface area (Å²) in [5.41, 5.74) is 2.69. The first-order valence-electron chi connectivity index (χ1n) is 12.8. The number of halogens is 3. The molecule has 0 saturated heterocycles. The van der Waals surface area contributed by atoms with E-state index in [-0.39, 0.29) is 11.5 Å². The molecule has 0 unspecified atom stereocenters. The molecular formula is C29H33F3O3. The highest BCUT2D eigenvalue weighted by molar-refractivity contribution is 5.71. The average molecular weight is 487 g/mol. The molecule has 2 aliphatic carbocycles. The van der Waals surface area contributed by atoms with Crippen molar-refractivity contribution in [1.29, 1.82) is 0 Å². The lowest BCUT2D eigenvalue weighted by Gasteiger charge is -2.50. The second kappa shape index (κ2) is 8.86. The van der Waals surface area contributed by atoms with Crippen LogP contribution in [0.5, 0.6) is 5.75 Å². The molecule has 0 bridgehead atoms. The third kappa shape index (κ3) is 4.94. The lowest BCUT2D eigenvalue weighted by Crippen LogP contribution is -2.51. The molecule has 2 aromatic carbocycles. The number of benzene rings is 2. The van der Waals surface area contributed by atoms with E-state index in [9.17, 15) is 23.1 Å². The van der Waals surface area contributed by atoms with Gasteiger partial charge in [-0.1, -0.05) is 36.8 Å². The van der Waals surface area contributed by atoms with E-state index in [2.05, 4.69) is 18.2 Å². The van der Waals surface area contributed by atoms with E-state index >= 15 is 0 Å². The minimum atomic E-state index is -4.33. The lowest BCUT2D eigenvalue weighted by molar-refractivity contribution is -0.142. The second-order valence-electron chi connectivity index (χ2n) is 11.1. The first-order valence-corrected chi connectivity index (χ1v) is 12.8. The van der Waals surface area contributed by atoms with Gasteiger partial charge in [0.15, 0.2) is 0 Å². The molecule has 35 heavy (non-hydrogen) atoms. The monoisotopic (exact) mass is 486 g/mol. The van der Waals surface area contributed by atoms with Crippen molar-refractivity contribution in [2.24, 2.45) is 17.8 Å². The Hall–Kier alpha value is -2.50. The van der Waals surface area contributed by atoms with Gasteiger partial charge in [0.1, 0.15) is 11.4 Å². The molecule has 1 heterocycles. The highest BCUT2D eigenvalue weighted by atomic mass is 19.4. The van der Waals surface area contributed by atoms with E-state index < -0.39 is 23.6 Å². The Kier molecular flexibility index (Phi) is 6.13. The van der Waals surface area contributed by atoms with Crippen LogP contribution in [0.4, 0.5) is 13.2 Å². The van der Waals surface area contributed by atoms with Gasteiger partial charge in [0, 0.05) is 0 Å². The summed E-state index contributed by atoms with van der Waals surface area (Å²) < 4.78 is 46.8. The van der Waals surface area contributed by atoms with Gasteiger partial charge >= 0.3 is 12.1 Å². The number of aliphatic carboxylic acids is 1. The van der Waals surface area contributed by atoms with E-state index in [0.717, 1.165) is 67.4 Å². The van der Waals surface area contributed by atoms with Crippen LogP contribution in [0, 0.1) is 24.7 Å². The molecule has 2 fully saturated rings. The fourth-order valence-electron chi connectivity index (χ4n) is 6.35. The van der Waals surface area contributed by atoms with E-state index in [1.807, 2.05) is 6.92 Å². The summed E-state index contributed by atoms with van der Waals surface area (Å²) in [6.07, 6.45) is 2.54. The van der Waals surface area contributed by atoms with Crippen molar-refractivity contribution in [3.8, 4) is 5.75 Å². The van der Waals surface area contributed by atoms with Crippen molar-refractivity contribution in [2.75, 3.05) is 0 Å². The Morgan fingerprint density at radius 3 is 2.57 bits per heavy atom. The summed E-state index contributed by atoms with van der Waals surface area (Å²) in [4.78, 5) is 11.7. The number of ether oxygens (including phenoxy) is 1. The van der Waals surface area contributed by atoms with Gasteiger partial charge in [-0.2, -0.15) is 13.2 Å². The van der Waals surface area contributed by atoms with Crippen molar-refractivity contribution < 1.29 is 27.8 Å². The zero-order valence-corrected chi connectivity index (χ0v) is 20.3. The first kappa shape index (κ1) is 24.2. The van der Waals surface area contributed by atoms with Gasteiger partial charge in [0.25, 0.3) is 0 Å². The first-order chi connectivity index (χ1) is 16.5. The zero-order valence-electron chi connectivity index (χ0n) is 20.3. The van der Waals surface area contributed by atoms with Gasteiger partial charge in [-0.05, 0) is 105 Å². The molecular weight excluding hydrogens is 453 g/mol. The Balaban J connectivity index is 1.25. The number of fused-ring (bicyclic) bond motifs is 1. The van der Waals surface area contributed by atoms with Gasteiger partial charge in [-0.25, -0.2) is 0 Å². The van der Waals surface area contributed by atoms with Crippen LogP contribution in [-0.4, -0.2) is 16.7 Å². The molecule has 0 radical (unpaired) electrons. The van der Waals surface area contributed by atoms with E-state index in [1.54, 1.807) is 13.0 Å². The molecule has 3 aliphatic rings. The molecule has 1 aliphatic heterocycles. The number of rotatable bonds is 7. The summed E-state index contributed by atoms with van der Waals surface area (Å²) >= 11 is 0. The van der Waals surface area contributed by atoms with Gasteiger partial charge in [0.05, 0.1) is 11.5 Å². The molecule has 2 atom stereocenters. The van der Waals surface area contributed by atoms with Crippen molar-refractivity contribution in [3.05, 3.63) is 64.2 Å². The molecule has 0 aromatic heterocycles. The topological polar surface area (TPSA) is 46.5 Å². The lowest BCUT2D eigenvalue weighted by atomic mass is 9.65. The highest BCUT2D eigenvalue weighted by Gasteiger charge is 2.48. The third-order valence-electron chi connectivity index (χ3n) is 8.42.